The fraction of sp³-hybridized carbons (Fsp3) is 0.364. The molecular weight excluding hydrogens is 278 g/mol. The second-order valence-electron chi connectivity index (χ2n) is 3.85. The summed E-state index contributed by atoms with van der Waals surface area (Å²) < 4.78 is 0. The zero-order valence-corrected chi connectivity index (χ0v) is 11.4. The molecule has 18 heavy (non-hydrogen) atoms. The highest BCUT2D eigenvalue weighted by Crippen LogP contribution is 2.35. The van der Waals surface area contributed by atoms with Crippen LogP contribution < -0.4 is 0 Å². The maximum absolute atomic E-state index is 10.7. The smallest absolute Gasteiger partial charge is 0.304 e. The molecule has 1 atom stereocenters. The zero-order valence-electron chi connectivity index (χ0n) is 9.84. The number of nitro groups is 1. The van der Waals surface area contributed by atoms with Gasteiger partial charge in [0.15, 0.2) is 0 Å². The molecule has 5 nitrogen and oxygen atoms in total. The number of aryl methyl sites for hydroxylation is 1. The van der Waals surface area contributed by atoms with Gasteiger partial charge in [0, 0.05) is 16.2 Å². The number of carbonyl (C=O) groups is 1. The van der Waals surface area contributed by atoms with Crippen LogP contribution in [0.3, 0.4) is 0 Å². The van der Waals surface area contributed by atoms with Crippen LogP contribution in [-0.2, 0) is 4.79 Å². The van der Waals surface area contributed by atoms with E-state index >= 15 is 0 Å². The highest BCUT2D eigenvalue weighted by molar-refractivity contribution is 8.00. The average molecular weight is 290 g/mol. The van der Waals surface area contributed by atoms with Crippen molar-refractivity contribution in [2.45, 2.75) is 30.4 Å². The quantitative estimate of drug-likeness (QED) is 0.509. The average Bonchev–Trinajstić information content (AvgIpc) is 2.21. The first kappa shape index (κ1) is 14.8. The Kier molecular flexibility index (Phi) is 4.98. The minimum absolute atomic E-state index is 0.0265. The van der Waals surface area contributed by atoms with Crippen LogP contribution in [0.4, 0.5) is 5.69 Å². The lowest BCUT2D eigenvalue weighted by molar-refractivity contribution is -0.384. The number of halogens is 1. The van der Waals surface area contributed by atoms with E-state index in [1.807, 2.05) is 0 Å². The van der Waals surface area contributed by atoms with Crippen molar-refractivity contribution in [2.75, 3.05) is 0 Å². The van der Waals surface area contributed by atoms with E-state index in [1.165, 1.54) is 23.9 Å². The van der Waals surface area contributed by atoms with E-state index in [4.69, 9.17) is 16.7 Å². The first-order valence-corrected chi connectivity index (χ1v) is 6.40. The molecule has 1 unspecified atom stereocenters. The second-order valence-corrected chi connectivity index (χ2v) is 5.74. The van der Waals surface area contributed by atoms with Crippen molar-refractivity contribution in [2.24, 2.45) is 0 Å². The molecule has 1 aromatic rings. The van der Waals surface area contributed by atoms with Crippen LogP contribution in [0.2, 0.25) is 5.02 Å². The van der Waals surface area contributed by atoms with Crippen LogP contribution in [0.15, 0.2) is 17.0 Å². The highest BCUT2D eigenvalue weighted by Gasteiger charge is 2.17. The molecule has 0 aliphatic carbocycles. The van der Waals surface area contributed by atoms with Crippen molar-refractivity contribution in [1.29, 1.82) is 0 Å². The van der Waals surface area contributed by atoms with Crippen LogP contribution in [0.25, 0.3) is 0 Å². The lowest BCUT2D eigenvalue weighted by Crippen LogP contribution is -2.05. The van der Waals surface area contributed by atoms with Gasteiger partial charge in [-0.2, -0.15) is 0 Å². The Balaban J connectivity index is 2.94. The molecule has 0 aromatic heterocycles. The van der Waals surface area contributed by atoms with Gasteiger partial charge in [0.2, 0.25) is 0 Å². The third-order valence-electron chi connectivity index (χ3n) is 2.23. The molecular formula is C11H12ClNO4S. The molecule has 0 aliphatic rings. The van der Waals surface area contributed by atoms with Gasteiger partial charge in [-0.15, -0.1) is 11.8 Å². The predicted molar refractivity (Wildman–Crippen MR) is 70.4 cm³/mol. The molecule has 7 heteroatoms. The highest BCUT2D eigenvalue weighted by atomic mass is 35.5. The van der Waals surface area contributed by atoms with E-state index in [2.05, 4.69) is 0 Å². The normalized spacial score (nSPS) is 12.2. The first-order chi connectivity index (χ1) is 8.31. The molecule has 1 N–H and O–H groups in total. The number of hydrogen-bond acceptors (Lipinski definition) is 4. The summed E-state index contributed by atoms with van der Waals surface area (Å²) in [4.78, 5) is 21.5. The molecule has 0 aliphatic heterocycles. The van der Waals surface area contributed by atoms with Crippen molar-refractivity contribution in [3.8, 4) is 0 Å². The monoisotopic (exact) mass is 289 g/mol. The number of nitrogens with zero attached hydrogens (tertiary/aromatic N) is 1. The zero-order chi connectivity index (χ0) is 13.9. The summed E-state index contributed by atoms with van der Waals surface area (Å²) in [6.07, 6.45) is 0.0265. The number of aliphatic carboxylic acids is 1. The van der Waals surface area contributed by atoms with Crippen molar-refractivity contribution >= 4 is 35.0 Å². The third-order valence-corrected chi connectivity index (χ3v) is 3.80. The summed E-state index contributed by atoms with van der Waals surface area (Å²) in [5.41, 5.74) is 0.581. The lowest BCUT2D eigenvalue weighted by atomic mass is 10.2. The van der Waals surface area contributed by atoms with Crippen molar-refractivity contribution in [1.82, 2.24) is 0 Å². The maximum Gasteiger partial charge on any atom is 0.304 e. The number of rotatable bonds is 5. The lowest BCUT2D eigenvalue weighted by Gasteiger charge is -2.11. The van der Waals surface area contributed by atoms with Gasteiger partial charge in [-0.25, -0.2) is 0 Å². The van der Waals surface area contributed by atoms with Gasteiger partial charge in [-0.1, -0.05) is 18.5 Å². The van der Waals surface area contributed by atoms with Crippen LogP contribution in [0.5, 0.6) is 0 Å². The molecule has 0 bridgehead atoms. The number of hydrogen-bond donors (Lipinski definition) is 1. The SMILES string of the molecule is Cc1cc([N+](=O)[O-])c(Cl)cc1SC(C)CC(=O)O. The fourth-order valence-corrected chi connectivity index (χ4v) is 2.81. The molecule has 0 saturated carbocycles. The molecule has 0 amide bonds. The van der Waals surface area contributed by atoms with Gasteiger partial charge in [-0.05, 0) is 18.6 Å². The summed E-state index contributed by atoms with van der Waals surface area (Å²) in [6.45, 7) is 3.52. The number of benzene rings is 1. The summed E-state index contributed by atoms with van der Waals surface area (Å²) in [5, 5.41) is 19.3. The Morgan fingerprint density at radius 2 is 2.22 bits per heavy atom. The standard InChI is InChI=1S/C11H12ClNO4S/c1-6-3-9(13(16)17)8(12)5-10(6)18-7(2)4-11(14)15/h3,5,7H,4H2,1-2H3,(H,14,15). The molecule has 0 heterocycles. The molecule has 0 saturated heterocycles. The molecule has 98 valence electrons. The van der Waals surface area contributed by atoms with Crippen molar-refractivity contribution in [3.05, 3.63) is 32.8 Å². The molecule has 0 spiro atoms. The van der Waals surface area contributed by atoms with E-state index in [9.17, 15) is 14.9 Å². The minimum Gasteiger partial charge on any atom is -0.481 e. The molecule has 0 fully saturated rings. The number of carboxylic acids is 1. The van der Waals surface area contributed by atoms with Gasteiger partial charge in [0.1, 0.15) is 5.02 Å². The minimum atomic E-state index is -0.874. The van der Waals surface area contributed by atoms with E-state index in [0.29, 0.717) is 5.56 Å². The first-order valence-electron chi connectivity index (χ1n) is 5.14. The van der Waals surface area contributed by atoms with Crippen LogP contribution >= 0.6 is 23.4 Å². The van der Waals surface area contributed by atoms with Crippen molar-refractivity contribution in [3.63, 3.8) is 0 Å². The van der Waals surface area contributed by atoms with Crippen LogP contribution in [0.1, 0.15) is 18.9 Å². The van der Waals surface area contributed by atoms with E-state index < -0.39 is 10.9 Å². The Hall–Kier alpha value is -1.27. The summed E-state index contributed by atoms with van der Waals surface area (Å²) in [6, 6.07) is 2.91. The van der Waals surface area contributed by atoms with E-state index in [0.717, 1.165) is 4.90 Å². The Morgan fingerprint density at radius 3 is 2.72 bits per heavy atom. The Labute approximate surface area is 113 Å². The summed E-state index contributed by atoms with van der Waals surface area (Å²) in [5.74, 6) is -0.874. The Bertz CT molecular complexity index is 492. The van der Waals surface area contributed by atoms with E-state index in [-0.39, 0.29) is 22.4 Å². The second kappa shape index (κ2) is 6.06. The molecule has 1 aromatic carbocycles. The van der Waals surface area contributed by atoms with Gasteiger partial charge in [0.05, 0.1) is 11.3 Å². The van der Waals surface area contributed by atoms with Crippen molar-refractivity contribution < 1.29 is 14.8 Å². The molecule has 1 rings (SSSR count). The third kappa shape index (κ3) is 3.89. The number of thioether (sulfide) groups is 1. The van der Waals surface area contributed by atoms with Crippen LogP contribution in [0, 0.1) is 17.0 Å². The topological polar surface area (TPSA) is 80.4 Å². The van der Waals surface area contributed by atoms with Gasteiger partial charge < -0.3 is 5.11 Å². The van der Waals surface area contributed by atoms with Gasteiger partial charge in [-0.3, -0.25) is 14.9 Å². The Morgan fingerprint density at radius 1 is 1.61 bits per heavy atom. The fourth-order valence-electron chi connectivity index (χ4n) is 1.42. The summed E-state index contributed by atoms with van der Waals surface area (Å²) >= 11 is 7.16. The van der Waals surface area contributed by atoms with Crippen LogP contribution in [-0.4, -0.2) is 21.2 Å². The van der Waals surface area contributed by atoms with Gasteiger partial charge in [0.25, 0.3) is 5.69 Å². The maximum atomic E-state index is 10.7. The number of carboxylic acid groups (broad SMARTS) is 1. The molecule has 0 radical (unpaired) electrons. The number of nitro benzene ring substituents is 1. The predicted octanol–water partition coefficient (Wildman–Crippen LogP) is 3.51. The van der Waals surface area contributed by atoms with Gasteiger partial charge >= 0.3 is 5.97 Å². The summed E-state index contributed by atoms with van der Waals surface area (Å²) in [7, 11) is 0. The van der Waals surface area contributed by atoms with E-state index in [1.54, 1.807) is 13.8 Å². The largest absolute Gasteiger partial charge is 0.481 e.